The number of rotatable bonds is 4. The predicted molar refractivity (Wildman–Crippen MR) is 98.4 cm³/mol. The van der Waals surface area contributed by atoms with E-state index in [0.29, 0.717) is 6.04 Å². The number of carbonyl (C=O) groups excluding carboxylic acids is 1. The van der Waals surface area contributed by atoms with Crippen LogP contribution in [0.4, 0.5) is 0 Å². The van der Waals surface area contributed by atoms with Crippen molar-refractivity contribution in [3.63, 3.8) is 0 Å². The van der Waals surface area contributed by atoms with Crippen LogP contribution in [0.3, 0.4) is 0 Å². The Morgan fingerprint density at radius 2 is 1.96 bits per heavy atom. The molecule has 0 aromatic heterocycles. The number of benzene rings is 1. The number of halogens is 2. The van der Waals surface area contributed by atoms with Crippen LogP contribution in [0.25, 0.3) is 0 Å². The Balaban J connectivity index is 0.00000132. The summed E-state index contributed by atoms with van der Waals surface area (Å²) in [7, 11) is 0. The Kier molecular flexibility index (Phi) is 8.92. The van der Waals surface area contributed by atoms with Crippen LogP contribution in [0, 0.1) is 0 Å². The third-order valence-corrected chi connectivity index (χ3v) is 4.49. The average Bonchev–Trinajstić information content (AvgIpc) is 2.96. The van der Waals surface area contributed by atoms with Crippen LogP contribution >= 0.6 is 24.8 Å². The van der Waals surface area contributed by atoms with E-state index in [1.165, 1.54) is 12.0 Å². The summed E-state index contributed by atoms with van der Waals surface area (Å²) in [5, 5.41) is 6.54. The van der Waals surface area contributed by atoms with Crippen LogP contribution in [-0.4, -0.2) is 42.5 Å². The van der Waals surface area contributed by atoms with Gasteiger partial charge in [0.2, 0.25) is 5.91 Å². The molecule has 2 atom stereocenters. The number of carbonyl (C=O) groups is 1. The maximum atomic E-state index is 12.2. The molecule has 1 aromatic rings. The highest BCUT2D eigenvalue weighted by Crippen LogP contribution is 2.14. The first-order valence-electron chi connectivity index (χ1n) is 8.11. The first-order chi connectivity index (χ1) is 10.3. The summed E-state index contributed by atoms with van der Waals surface area (Å²) in [5.41, 5.74) is 1.35. The van der Waals surface area contributed by atoms with Crippen LogP contribution in [0.2, 0.25) is 0 Å². The van der Waals surface area contributed by atoms with Crippen molar-refractivity contribution in [2.24, 2.45) is 0 Å². The lowest BCUT2D eigenvalue weighted by Gasteiger charge is -2.24. The van der Waals surface area contributed by atoms with E-state index in [1.54, 1.807) is 0 Å². The second-order valence-electron chi connectivity index (χ2n) is 6.22. The third kappa shape index (κ3) is 5.96. The standard InChI is InChI=1S/C17H25N3O.2ClH/c21-17(16-8-4-5-10-18-16)19-15-9-11-20(13-15)12-14-6-2-1-3-7-14;;/h1-3,6-7,15-16,18H,4-5,8-13H2,(H,19,21);2*1H. The predicted octanol–water partition coefficient (Wildman–Crippen LogP) is 2.36. The molecule has 2 saturated heterocycles. The maximum absolute atomic E-state index is 12.2. The molecule has 2 fully saturated rings. The Morgan fingerprint density at radius 3 is 2.65 bits per heavy atom. The summed E-state index contributed by atoms with van der Waals surface area (Å²) in [5.74, 6) is 0.196. The Hall–Kier alpha value is -0.810. The zero-order valence-corrected chi connectivity index (χ0v) is 15.0. The van der Waals surface area contributed by atoms with E-state index in [9.17, 15) is 4.79 Å². The fraction of sp³-hybridized carbons (Fsp3) is 0.588. The van der Waals surface area contributed by atoms with Gasteiger partial charge in [-0.25, -0.2) is 0 Å². The minimum absolute atomic E-state index is 0. The minimum Gasteiger partial charge on any atom is -0.351 e. The molecule has 130 valence electrons. The summed E-state index contributed by atoms with van der Waals surface area (Å²) in [4.78, 5) is 14.7. The zero-order chi connectivity index (χ0) is 14.5. The topological polar surface area (TPSA) is 44.4 Å². The lowest BCUT2D eigenvalue weighted by atomic mass is 10.0. The molecule has 6 heteroatoms. The Morgan fingerprint density at radius 1 is 1.17 bits per heavy atom. The minimum atomic E-state index is 0. The van der Waals surface area contributed by atoms with Gasteiger partial charge in [0.1, 0.15) is 0 Å². The number of hydrogen-bond donors (Lipinski definition) is 2. The lowest BCUT2D eigenvalue weighted by molar-refractivity contribution is -0.124. The van der Waals surface area contributed by atoms with Crippen LogP contribution in [0.15, 0.2) is 30.3 Å². The van der Waals surface area contributed by atoms with Crippen LogP contribution < -0.4 is 10.6 Å². The molecule has 2 unspecified atom stereocenters. The maximum Gasteiger partial charge on any atom is 0.237 e. The summed E-state index contributed by atoms with van der Waals surface area (Å²) in [6.07, 6.45) is 4.39. The molecule has 0 bridgehead atoms. The smallest absolute Gasteiger partial charge is 0.237 e. The summed E-state index contributed by atoms with van der Waals surface area (Å²) < 4.78 is 0. The van der Waals surface area contributed by atoms with Gasteiger partial charge in [-0.2, -0.15) is 0 Å². The molecule has 1 amide bonds. The molecule has 1 aromatic carbocycles. The molecule has 2 N–H and O–H groups in total. The van der Waals surface area contributed by atoms with E-state index in [0.717, 1.165) is 45.4 Å². The van der Waals surface area contributed by atoms with Gasteiger partial charge in [-0.1, -0.05) is 36.8 Å². The van der Waals surface area contributed by atoms with E-state index in [1.807, 2.05) is 6.07 Å². The monoisotopic (exact) mass is 359 g/mol. The molecular formula is C17H27Cl2N3O. The van der Waals surface area contributed by atoms with Crippen molar-refractivity contribution in [1.82, 2.24) is 15.5 Å². The van der Waals surface area contributed by atoms with E-state index in [4.69, 9.17) is 0 Å². The SMILES string of the molecule is Cl.Cl.O=C(NC1CCN(Cc2ccccc2)C1)C1CCCCN1. The van der Waals surface area contributed by atoms with Crippen molar-refractivity contribution in [3.05, 3.63) is 35.9 Å². The first kappa shape index (κ1) is 20.2. The summed E-state index contributed by atoms with van der Waals surface area (Å²) in [6, 6.07) is 10.9. The molecule has 0 spiro atoms. The summed E-state index contributed by atoms with van der Waals surface area (Å²) in [6.45, 7) is 3.99. The molecule has 4 nitrogen and oxygen atoms in total. The molecule has 2 aliphatic heterocycles. The van der Waals surface area contributed by atoms with Crippen molar-refractivity contribution < 1.29 is 4.79 Å². The van der Waals surface area contributed by atoms with Crippen molar-refractivity contribution in [1.29, 1.82) is 0 Å². The molecule has 0 aliphatic carbocycles. The van der Waals surface area contributed by atoms with E-state index < -0.39 is 0 Å². The summed E-state index contributed by atoms with van der Waals surface area (Å²) >= 11 is 0. The highest BCUT2D eigenvalue weighted by molar-refractivity contribution is 5.85. The third-order valence-electron chi connectivity index (χ3n) is 4.49. The molecule has 0 saturated carbocycles. The van der Waals surface area contributed by atoms with E-state index >= 15 is 0 Å². The molecule has 2 aliphatic rings. The number of likely N-dealkylation sites (tertiary alicyclic amines) is 1. The van der Waals surface area contributed by atoms with Crippen LogP contribution in [0.1, 0.15) is 31.2 Å². The average molecular weight is 360 g/mol. The van der Waals surface area contributed by atoms with Gasteiger partial charge in [-0.3, -0.25) is 9.69 Å². The number of piperidine rings is 1. The van der Waals surface area contributed by atoms with Gasteiger partial charge in [-0.05, 0) is 31.4 Å². The van der Waals surface area contributed by atoms with Crippen molar-refractivity contribution in [3.8, 4) is 0 Å². The Labute approximate surface area is 151 Å². The van der Waals surface area contributed by atoms with Gasteiger partial charge in [0.05, 0.1) is 6.04 Å². The van der Waals surface area contributed by atoms with Gasteiger partial charge in [-0.15, -0.1) is 24.8 Å². The molecule has 3 rings (SSSR count). The number of amides is 1. The zero-order valence-electron chi connectivity index (χ0n) is 13.4. The van der Waals surface area contributed by atoms with Crippen LogP contribution in [-0.2, 0) is 11.3 Å². The van der Waals surface area contributed by atoms with Crippen molar-refractivity contribution in [2.45, 2.75) is 44.3 Å². The largest absolute Gasteiger partial charge is 0.351 e. The van der Waals surface area contributed by atoms with Gasteiger partial charge in [0, 0.05) is 25.7 Å². The van der Waals surface area contributed by atoms with Gasteiger partial charge >= 0.3 is 0 Å². The van der Waals surface area contributed by atoms with Gasteiger partial charge in [0.15, 0.2) is 0 Å². The number of nitrogens with zero attached hydrogens (tertiary/aromatic N) is 1. The second-order valence-corrected chi connectivity index (χ2v) is 6.22. The number of hydrogen-bond acceptors (Lipinski definition) is 3. The fourth-order valence-electron chi connectivity index (χ4n) is 3.31. The molecule has 0 radical (unpaired) electrons. The molecule has 2 heterocycles. The molecular weight excluding hydrogens is 333 g/mol. The lowest BCUT2D eigenvalue weighted by Crippen LogP contribution is -2.50. The van der Waals surface area contributed by atoms with E-state index in [2.05, 4.69) is 39.8 Å². The first-order valence-corrected chi connectivity index (χ1v) is 8.11. The van der Waals surface area contributed by atoms with Crippen molar-refractivity contribution in [2.75, 3.05) is 19.6 Å². The highest BCUT2D eigenvalue weighted by atomic mass is 35.5. The van der Waals surface area contributed by atoms with Crippen LogP contribution in [0.5, 0.6) is 0 Å². The van der Waals surface area contributed by atoms with Crippen molar-refractivity contribution >= 4 is 30.7 Å². The Bertz CT molecular complexity index is 466. The second kappa shape index (κ2) is 10.1. The fourth-order valence-corrected chi connectivity index (χ4v) is 3.31. The van der Waals surface area contributed by atoms with Gasteiger partial charge in [0.25, 0.3) is 0 Å². The van der Waals surface area contributed by atoms with Gasteiger partial charge < -0.3 is 10.6 Å². The van der Waals surface area contributed by atoms with E-state index in [-0.39, 0.29) is 36.8 Å². The quantitative estimate of drug-likeness (QED) is 0.867. The molecule has 23 heavy (non-hydrogen) atoms. The highest BCUT2D eigenvalue weighted by Gasteiger charge is 2.27. The normalized spacial score (nSPS) is 24.3. The number of nitrogens with one attached hydrogen (secondary N) is 2.